The first-order chi connectivity index (χ1) is 11.3. The van der Waals surface area contributed by atoms with Crippen LogP contribution >= 0.6 is 0 Å². The molecule has 0 heterocycles. The number of aryl methyl sites for hydroxylation is 1. The summed E-state index contributed by atoms with van der Waals surface area (Å²) in [7, 11) is 0. The fraction of sp³-hybridized carbons (Fsp3) is 0.0909. The standard InChI is InChI=1S/C22H19N/c1-3-7-19-12-16-22(17-13-19)23(20-8-5-4-6-9-20)21-14-10-18(2)11-15-21/h1,4-6,8-17H,7H2,2H3. The van der Waals surface area contributed by atoms with Gasteiger partial charge in [-0.25, -0.2) is 0 Å². The summed E-state index contributed by atoms with van der Waals surface area (Å²) in [6, 6.07) is 27.4. The Labute approximate surface area is 138 Å². The van der Waals surface area contributed by atoms with E-state index in [0.717, 1.165) is 22.6 Å². The molecule has 0 atom stereocenters. The summed E-state index contributed by atoms with van der Waals surface area (Å²) < 4.78 is 0. The number of rotatable bonds is 4. The Morgan fingerprint density at radius 2 is 1.26 bits per heavy atom. The second kappa shape index (κ2) is 6.85. The van der Waals surface area contributed by atoms with Crippen LogP contribution in [-0.2, 0) is 6.42 Å². The van der Waals surface area contributed by atoms with Crippen molar-refractivity contribution >= 4 is 17.1 Å². The highest BCUT2D eigenvalue weighted by molar-refractivity contribution is 5.76. The van der Waals surface area contributed by atoms with E-state index in [9.17, 15) is 0 Å². The number of terminal acetylenes is 1. The van der Waals surface area contributed by atoms with E-state index < -0.39 is 0 Å². The molecule has 0 radical (unpaired) electrons. The van der Waals surface area contributed by atoms with Crippen molar-refractivity contribution in [1.82, 2.24) is 0 Å². The predicted octanol–water partition coefficient (Wildman–Crippen LogP) is 5.64. The van der Waals surface area contributed by atoms with Gasteiger partial charge in [-0.2, -0.15) is 0 Å². The molecule has 23 heavy (non-hydrogen) atoms. The SMILES string of the molecule is C#CCc1ccc(N(c2ccccc2)c2ccc(C)cc2)cc1. The Kier molecular flexibility index (Phi) is 4.45. The Morgan fingerprint density at radius 3 is 1.83 bits per heavy atom. The van der Waals surface area contributed by atoms with Gasteiger partial charge in [0.25, 0.3) is 0 Å². The molecule has 0 N–H and O–H groups in total. The molecule has 3 rings (SSSR count). The number of anilines is 3. The van der Waals surface area contributed by atoms with Gasteiger partial charge in [-0.05, 0) is 48.9 Å². The highest BCUT2D eigenvalue weighted by Gasteiger charge is 2.11. The fourth-order valence-corrected chi connectivity index (χ4v) is 2.60. The molecule has 3 aromatic rings. The molecular formula is C22H19N. The maximum atomic E-state index is 5.39. The molecule has 112 valence electrons. The average Bonchev–Trinajstić information content (AvgIpc) is 2.60. The fourth-order valence-electron chi connectivity index (χ4n) is 2.60. The molecule has 1 heteroatoms. The normalized spacial score (nSPS) is 10.1. The monoisotopic (exact) mass is 297 g/mol. The lowest BCUT2D eigenvalue weighted by atomic mass is 10.1. The van der Waals surface area contributed by atoms with Crippen molar-refractivity contribution in [1.29, 1.82) is 0 Å². The molecule has 1 nitrogen and oxygen atoms in total. The van der Waals surface area contributed by atoms with Crippen molar-refractivity contribution in [3.63, 3.8) is 0 Å². The summed E-state index contributed by atoms with van der Waals surface area (Å²) in [5.74, 6) is 2.69. The van der Waals surface area contributed by atoms with Crippen LogP contribution in [0.1, 0.15) is 11.1 Å². The van der Waals surface area contributed by atoms with Crippen LogP contribution in [0.5, 0.6) is 0 Å². The topological polar surface area (TPSA) is 3.24 Å². The first kappa shape index (κ1) is 14.9. The third kappa shape index (κ3) is 3.44. The van der Waals surface area contributed by atoms with E-state index in [4.69, 9.17) is 6.42 Å². The summed E-state index contributed by atoms with van der Waals surface area (Å²) in [6.07, 6.45) is 6.06. The number of hydrogen-bond donors (Lipinski definition) is 0. The van der Waals surface area contributed by atoms with Gasteiger partial charge in [0.1, 0.15) is 0 Å². The van der Waals surface area contributed by atoms with E-state index >= 15 is 0 Å². The Morgan fingerprint density at radius 1 is 0.739 bits per heavy atom. The zero-order chi connectivity index (χ0) is 16.1. The Hall–Kier alpha value is -2.98. The lowest BCUT2D eigenvalue weighted by molar-refractivity contribution is 1.25. The quantitative estimate of drug-likeness (QED) is 0.563. The summed E-state index contributed by atoms with van der Waals surface area (Å²) in [4.78, 5) is 2.25. The molecular weight excluding hydrogens is 278 g/mol. The van der Waals surface area contributed by atoms with Crippen LogP contribution in [0.3, 0.4) is 0 Å². The van der Waals surface area contributed by atoms with Crippen molar-refractivity contribution in [3.8, 4) is 12.3 Å². The van der Waals surface area contributed by atoms with E-state index in [1.807, 2.05) is 6.07 Å². The summed E-state index contributed by atoms with van der Waals surface area (Å²) in [5.41, 5.74) is 5.83. The van der Waals surface area contributed by atoms with Gasteiger partial charge >= 0.3 is 0 Å². The predicted molar refractivity (Wildman–Crippen MR) is 98.4 cm³/mol. The largest absolute Gasteiger partial charge is 0.311 e. The minimum absolute atomic E-state index is 0.663. The number of benzene rings is 3. The molecule has 3 aromatic carbocycles. The maximum Gasteiger partial charge on any atom is 0.0461 e. The van der Waals surface area contributed by atoms with Crippen molar-refractivity contribution in [2.45, 2.75) is 13.3 Å². The van der Waals surface area contributed by atoms with Crippen LogP contribution < -0.4 is 4.90 Å². The van der Waals surface area contributed by atoms with Gasteiger partial charge in [0.05, 0.1) is 0 Å². The van der Waals surface area contributed by atoms with Crippen LogP contribution in [-0.4, -0.2) is 0 Å². The molecule has 0 bridgehead atoms. The van der Waals surface area contributed by atoms with E-state index in [0.29, 0.717) is 6.42 Å². The van der Waals surface area contributed by atoms with Crippen molar-refractivity contribution in [3.05, 3.63) is 90.0 Å². The van der Waals surface area contributed by atoms with Gasteiger partial charge in [0, 0.05) is 23.5 Å². The van der Waals surface area contributed by atoms with Crippen molar-refractivity contribution < 1.29 is 0 Å². The third-order valence-corrected chi connectivity index (χ3v) is 3.81. The molecule has 0 aliphatic rings. The molecule has 0 aliphatic carbocycles. The van der Waals surface area contributed by atoms with Gasteiger partial charge in [-0.15, -0.1) is 12.3 Å². The second-order valence-corrected chi connectivity index (χ2v) is 5.55. The lowest BCUT2D eigenvalue weighted by Crippen LogP contribution is -2.09. The lowest BCUT2D eigenvalue weighted by Gasteiger charge is -2.25. The molecule has 0 fully saturated rings. The van der Waals surface area contributed by atoms with Gasteiger partial charge in [0.15, 0.2) is 0 Å². The van der Waals surface area contributed by atoms with Gasteiger partial charge in [0.2, 0.25) is 0 Å². The first-order valence-corrected chi connectivity index (χ1v) is 7.72. The molecule has 0 amide bonds. The van der Waals surface area contributed by atoms with E-state index in [2.05, 4.69) is 90.5 Å². The van der Waals surface area contributed by atoms with Gasteiger partial charge in [-0.1, -0.05) is 48.0 Å². The summed E-state index contributed by atoms with van der Waals surface area (Å²) in [6.45, 7) is 2.10. The zero-order valence-electron chi connectivity index (χ0n) is 13.2. The van der Waals surface area contributed by atoms with Crippen LogP contribution in [0.2, 0.25) is 0 Å². The molecule has 0 spiro atoms. The van der Waals surface area contributed by atoms with Crippen molar-refractivity contribution in [2.75, 3.05) is 4.90 Å². The van der Waals surface area contributed by atoms with Crippen LogP contribution in [0.15, 0.2) is 78.9 Å². The highest BCUT2D eigenvalue weighted by Crippen LogP contribution is 2.34. The average molecular weight is 297 g/mol. The highest BCUT2D eigenvalue weighted by atomic mass is 15.1. The minimum Gasteiger partial charge on any atom is -0.311 e. The zero-order valence-corrected chi connectivity index (χ0v) is 13.2. The molecule has 0 aromatic heterocycles. The molecule has 0 aliphatic heterocycles. The maximum absolute atomic E-state index is 5.39. The van der Waals surface area contributed by atoms with Crippen molar-refractivity contribution in [2.24, 2.45) is 0 Å². The Balaban J connectivity index is 2.05. The first-order valence-electron chi connectivity index (χ1n) is 7.72. The van der Waals surface area contributed by atoms with E-state index in [1.165, 1.54) is 5.56 Å². The molecule has 0 unspecified atom stereocenters. The Bertz CT molecular complexity index is 793. The number of hydrogen-bond acceptors (Lipinski definition) is 1. The number of para-hydroxylation sites is 1. The van der Waals surface area contributed by atoms with Gasteiger partial charge in [-0.3, -0.25) is 0 Å². The van der Waals surface area contributed by atoms with Gasteiger partial charge < -0.3 is 4.90 Å². The van der Waals surface area contributed by atoms with Crippen LogP contribution in [0.4, 0.5) is 17.1 Å². The molecule has 0 saturated heterocycles. The summed E-state index contributed by atoms with van der Waals surface area (Å²) >= 11 is 0. The molecule has 0 saturated carbocycles. The van der Waals surface area contributed by atoms with E-state index in [-0.39, 0.29) is 0 Å². The smallest absolute Gasteiger partial charge is 0.0461 e. The summed E-state index contributed by atoms with van der Waals surface area (Å²) in [5, 5.41) is 0. The van der Waals surface area contributed by atoms with E-state index in [1.54, 1.807) is 0 Å². The number of nitrogens with zero attached hydrogens (tertiary/aromatic N) is 1. The second-order valence-electron chi connectivity index (χ2n) is 5.55. The van der Waals surface area contributed by atoms with Crippen LogP contribution in [0.25, 0.3) is 0 Å². The minimum atomic E-state index is 0.663. The van der Waals surface area contributed by atoms with Crippen LogP contribution in [0, 0.1) is 19.3 Å². The third-order valence-electron chi connectivity index (χ3n) is 3.81.